The van der Waals surface area contributed by atoms with Crippen molar-refractivity contribution in [3.8, 4) is 11.3 Å². The van der Waals surface area contributed by atoms with Crippen molar-refractivity contribution in [3.05, 3.63) is 70.7 Å². The molecule has 10 heteroatoms. The number of hydrogen-bond donors (Lipinski definition) is 1. The van der Waals surface area contributed by atoms with Crippen LogP contribution in [0.2, 0.25) is 5.02 Å². The maximum Gasteiger partial charge on any atom is 0.251 e. The molecule has 8 nitrogen and oxygen atoms in total. The Morgan fingerprint density at radius 3 is 2.65 bits per heavy atom. The molecule has 2 aromatic carbocycles. The molecule has 0 spiro atoms. The van der Waals surface area contributed by atoms with Crippen LogP contribution in [0, 0.1) is 0 Å². The van der Waals surface area contributed by atoms with E-state index in [0.29, 0.717) is 36.5 Å². The van der Waals surface area contributed by atoms with Gasteiger partial charge in [0.25, 0.3) is 5.91 Å². The number of anilines is 1. The summed E-state index contributed by atoms with van der Waals surface area (Å²) in [5, 5.41) is 8.06. The van der Waals surface area contributed by atoms with E-state index in [-0.39, 0.29) is 29.4 Å². The number of amides is 2. The lowest BCUT2D eigenvalue weighted by atomic mass is 10.1. The molecule has 1 aromatic heterocycles. The largest absolute Gasteiger partial charge is 0.348 e. The third-order valence-electron chi connectivity index (χ3n) is 6.12. The minimum absolute atomic E-state index is 0.00862. The van der Waals surface area contributed by atoms with E-state index in [1.165, 1.54) is 0 Å². The second kappa shape index (κ2) is 8.88. The average molecular weight is 499 g/mol. The zero-order valence-electron chi connectivity index (χ0n) is 18.3. The summed E-state index contributed by atoms with van der Waals surface area (Å²) < 4.78 is 25.0. The molecule has 2 aliphatic heterocycles. The second-order valence-corrected chi connectivity index (χ2v) is 11.3. The first-order chi connectivity index (χ1) is 16.3. The van der Waals surface area contributed by atoms with Gasteiger partial charge in [0, 0.05) is 34.7 Å². The van der Waals surface area contributed by atoms with Crippen molar-refractivity contribution in [2.75, 3.05) is 16.4 Å². The van der Waals surface area contributed by atoms with Crippen LogP contribution in [0.5, 0.6) is 0 Å². The van der Waals surface area contributed by atoms with Crippen LogP contribution in [0.1, 0.15) is 28.8 Å². The Morgan fingerprint density at radius 1 is 1.15 bits per heavy atom. The van der Waals surface area contributed by atoms with Crippen LogP contribution < -0.4 is 10.2 Å². The molecule has 1 N–H and O–H groups in total. The normalized spacial score (nSPS) is 19.1. The number of fused-ring (bicyclic) bond motifs is 1. The molecule has 1 saturated heterocycles. The van der Waals surface area contributed by atoms with Crippen LogP contribution in [0.15, 0.2) is 54.6 Å². The summed E-state index contributed by atoms with van der Waals surface area (Å²) >= 11 is 6.12. The molecule has 2 amide bonds. The lowest BCUT2D eigenvalue weighted by Crippen LogP contribution is -2.37. The zero-order chi connectivity index (χ0) is 23.9. The predicted octanol–water partition coefficient (Wildman–Crippen LogP) is 3.06. The van der Waals surface area contributed by atoms with Crippen LogP contribution in [0.4, 0.5) is 5.82 Å². The molecular weight excluding hydrogens is 476 g/mol. The summed E-state index contributed by atoms with van der Waals surface area (Å²) in [5.74, 6) is 0.520. The maximum atomic E-state index is 12.7. The first kappa shape index (κ1) is 22.6. The fourth-order valence-corrected chi connectivity index (χ4v) is 6.20. The number of rotatable bonds is 5. The summed E-state index contributed by atoms with van der Waals surface area (Å²) in [6.07, 6.45) is 0.794. The topological polar surface area (TPSA) is 101 Å². The van der Waals surface area contributed by atoms with E-state index in [1.54, 1.807) is 35.2 Å². The quantitative estimate of drug-likeness (QED) is 0.582. The van der Waals surface area contributed by atoms with Crippen molar-refractivity contribution in [1.82, 2.24) is 15.1 Å². The smallest absolute Gasteiger partial charge is 0.251 e. The number of hydrogen-bond acceptors (Lipinski definition) is 5. The van der Waals surface area contributed by atoms with Crippen molar-refractivity contribution in [3.63, 3.8) is 0 Å². The number of carbonyl (C=O) groups excluding carboxylic acids is 2. The summed E-state index contributed by atoms with van der Waals surface area (Å²) in [5.41, 5.74) is 2.95. The highest BCUT2D eigenvalue weighted by molar-refractivity contribution is 7.91. The van der Waals surface area contributed by atoms with Gasteiger partial charge in [0.15, 0.2) is 9.84 Å². The van der Waals surface area contributed by atoms with E-state index < -0.39 is 9.84 Å². The molecule has 1 atom stereocenters. The lowest BCUT2D eigenvalue weighted by Gasteiger charge is -2.27. The van der Waals surface area contributed by atoms with Gasteiger partial charge in [-0.3, -0.25) is 14.5 Å². The van der Waals surface area contributed by atoms with Crippen LogP contribution in [-0.2, 0) is 27.7 Å². The SMILES string of the molecule is O=C(N[C@@H]1CCS(=O)(=O)C1)c1ccc(CN2C(=O)CCn3nc(-c4cccc(Cl)c4)cc32)cc1. The number of halogens is 1. The molecule has 2 aliphatic rings. The van der Waals surface area contributed by atoms with Gasteiger partial charge in [0.05, 0.1) is 30.3 Å². The Bertz CT molecular complexity index is 1370. The van der Waals surface area contributed by atoms with Crippen molar-refractivity contribution >= 4 is 39.1 Å². The number of aryl methyl sites for hydroxylation is 1. The molecule has 0 radical (unpaired) electrons. The van der Waals surface area contributed by atoms with Gasteiger partial charge in [0.1, 0.15) is 5.82 Å². The van der Waals surface area contributed by atoms with Gasteiger partial charge in [0.2, 0.25) is 5.91 Å². The Labute approximate surface area is 202 Å². The lowest BCUT2D eigenvalue weighted by molar-refractivity contribution is -0.119. The van der Waals surface area contributed by atoms with E-state index in [9.17, 15) is 18.0 Å². The molecular formula is C24H23ClN4O4S. The molecule has 176 valence electrons. The van der Waals surface area contributed by atoms with Crippen LogP contribution in [0.25, 0.3) is 11.3 Å². The van der Waals surface area contributed by atoms with Crippen LogP contribution in [-0.4, -0.2) is 47.6 Å². The molecule has 0 bridgehead atoms. The monoisotopic (exact) mass is 498 g/mol. The Morgan fingerprint density at radius 2 is 1.94 bits per heavy atom. The highest BCUT2D eigenvalue weighted by Gasteiger charge is 2.29. The molecule has 3 aromatic rings. The fourth-order valence-electron chi connectivity index (χ4n) is 4.33. The van der Waals surface area contributed by atoms with E-state index in [2.05, 4.69) is 10.4 Å². The highest BCUT2D eigenvalue weighted by atomic mass is 35.5. The average Bonchev–Trinajstić information content (AvgIpc) is 3.39. The van der Waals surface area contributed by atoms with Gasteiger partial charge in [-0.2, -0.15) is 5.10 Å². The molecule has 5 rings (SSSR count). The molecule has 0 saturated carbocycles. The summed E-state index contributed by atoms with van der Waals surface area (Å²) in [6, 6.07) is 16.0. The van der Waals surface area contributed by atoms with E-state index in [0.717, 1.165) is 22.6 Å². The Hall–Kier alpha value is -3.17. The number of nitrogens with one attached hydrogen (secondary N) is 1. The summed E-state index contributed by atoms with van der Waals surface area (Å²) in [4.78, 5) is 26.9. The van der Waals surface area contributed by atoms with Gasteiger partial charge in [-0.25, -0.2) is 13.1 Å². The third-order valence-corrected chi connectivity index (χ3v) is 8.12. The van der Waals surface area contributed by atoms with Gasteiger partial charge in [-0.05, 0) is 36.2 Å². The van der Waals surface area contributed by atoms with Gasteiger partial charge in [-0.15, -0.1) is 0 Å². The summed E-state index contributed by atoms with van der Waals surface area (Å²) in [6.45, 7) is 0.865. The van der Waals surface area contributed by atoms with Crippen molar-refractivity contribution in [2.45, 2.75) is 32.0 Å². The van der Waals surface area contributed by atoms with Crippen molar-refractivity contribution in [2.24, 2.45) is 0 Å². The van der Waals surface area contributed by atoms with Gasteiger partial charge >= 0.3 is 0 Å². The van der Waals surface area contributed by atoms with E-state index in [1.807, 2.05) is 28.9 Å². The van der Waals surface area contributed by atoms with E-state index >= 15 is 0 Å². The van der Waals surface area contributed by atoms with Crippen LogP contribution in [0.3, 0.4) is 0 Å². The fraction of sp³-hybridized carbons (Fsp3) is 0.292. The number of carbonyl (C=O) groups is 2. The first-order valence-electron chi connectivity index (χ1n) is 11.0. The molecule has 0 aliphatic carbocycles. The number of benzene rings is 2. The van der Waals surface area contributed by atoms with Crippen molar-refractivity contribution < 1.29 is 18.0 Å². The van der Waals surface area contributed by atoms with E-state index in [4.69, 9.17) is 11.6 Å². The molecule has 34 heavy (non-hydrogen) atoms. The zero-order valence-corrected chi connectivity index (χ0v) is 19.8. The number of aromatic nitrogens is 2. The molecule has 3 heterocycles. The third kappa shape index (κ3) is 4.71. The second-order valence-electron chi connectivity index (χ2n) is 8.62. The summed E-state index contributed by atoms with van der Waals surface area (Å²) in [7, 11) is -3.06. The first-order valence-corrected chi connectivity index (χ1v) is 13.2. The van der Waals surface area contributed by atoms with Crippen LogP contribution >= 0.6 is 11.6 Å². The van der Waals surface area contributed by atoms with Crippen molar-refractivity contribution in [1.29, 1.82) is 0 Å². The molecule has 1 fully saturated rings. The minimum atomic E-state index is -3.06. The maximum absolute atomic E-state index is 12.7. The molecule has 0 unspecified atom stereocenters. The Kier molecular flexibility index (Phi) is 5.91. The predicted molar refractivity (Wildman–Crippen MR) is 129 cm³/mol. The number of nitrogens with zero attached hydrogens (tertiary/aromatic N) is 3. The van der Waals surface area contributed by atoms with Gasteiger partial charge in [-0.1, -0.05) is 35.9 Å². The number of sulfone groups is 1. The standard InChI is InChI=1S/C24H23ClN4O4S/c25-19-3-1-2-18(12-19)21-13-22-28(23(30)8-10-29(22)27-21)14-16-4-6-17(7-5-16)24(31)26-20-9-11-34(32,33)15-20/h1-7,12-13,20H,8-11,14-15H2,(H,26,31)/t20-/m1/s1. The Balaban J connectivity index is 1.31. The highest BCUT2D eigenvalue weighted by Crippen LogP contribution is 2.30. The minimum Gasteiger partial charge on any atom is -0.348 e. The van der Waals surface area contributed by atoms with Gasteiger partial charge < -0.3 is 5.32 Å².